The van der Waals surface area contributed by atoms with Crippen molar-refractivity contribution >= 4 is 0 Å². The third kappa shape index (κ3) is 1230. The number of hydrogen-bond acceptors (Lipinski definition) is 1. The molecule has 0 saturated carbocycles. The molecular weight excluding hydrogens is 270 g/mol. The first-order valence-corrected chi connectivity index (χ1v) is 2.29. The van der Waals surface area contributed by atoms with Gasteiger partial charge in [0.15, 0.2) is 0 Å². The summed E-state index contributed by atoms with van der Waals surface area (Å²) in [5.74, 6) is 0. The van der Waals surface area contributed by atoms with Crippen LogP contribution in [-0.2, 0) is 21.1 Å². The van der Waals surface area contributed by atoms with E-state index in [-0.39, 0.29) is 28.0 Å². The molecule has 0 rings (SSSR count). The molecular formula is C6H17NW. The van der Waals surface area contributed by atoms with Crippen molar-refractivity contribution in [2.24, 2.45) is 5.73 Å². The van der Waals surface area contributed by atoms with Gasteiger partial charge in [-0.1, -0.05) is 0 Å². The molecule has 0 amide bonds. The third-order valence-corrected chi connectivity index (χ3v) is 0. The number of rotatable bonds is 0. The van der Waals surface area contributed by atoms with Gasteiger partial charge in [0, 0.05) is 28.0 Å². The summed E-state index contributed by atoms with van der Waals surface area (Å²) in [7, 11) is 0. The maximum atomic E-state index is 5.35. The maximum absolute atomic E-state index is 5.35. The molecule has 0 aliphatic heterocycles. The predicted octanol–water partition coefficient (Wildman–Crippen LogP) is 1.79. The van der Waals surface area contributed by atoms with E-state index in [1.165, 1.54) is 0 Å². The Labute approximate surface area is 68.1 Å². The molecule has 0 bridgehead atoms. The molecule has 0 aromatic heterocycles. The van der Waals surface area contributed by atoms with E-state index >= 15 is 0 Å². The van der Waals surface area contributed by atoms with Gasteiger partial charge in [0.05, 0.1) is 0 Å². The zero-order valence-corrected chi connectivity index (χ0v) is 8.83. The fraction of sp³-hybridized carbons (Fsp3) is 0.667. The molecule has 1 nitrogen and oxygen atoms in total. The van der Waals surface area contributed by atoms with Gasteiger partial charge in [0.1, 0.15) is 0 Å². The van der Waals surface area contributed by atoms with E-state index in [9.17, 15) is 0 Å². The van der Waals surface area contributed by atoms with Crippen molar-refractivity contribution in [1.82, 2.24) is 0 Å². The van der Waals surface area contributed by atoms with Gasteiger partial charge >= 0.3 is 0 Å². The SMILES string of the molecule is C=C.CC(C)(C)N.[3HH].[W]. The van der Waals surface area contributed by atoms with Crippen molar-refractivity contribution in [3.63, 3.8) is 0 Å². The van der Waals surface area contributed by atoms with E-state index in [1.54, 1.807) is 0 Å². The molecule has 0 radical (unpaired) electrons. The quantitative estimate of drug-likeness (QED) is 0.676. The molecule has 0 unspecified atom stereocenters. The second-order valence-corrected chi connectivity index (χ2v) is 2.37. The van der Waals surface area contributed by atoms with Gasteiger partial charge in [-0.15, -0.1) is 13.2 Å². The van der Waals surface area contributed by atoms with Crippen LogP contribution in [0.2, 0.25) is 0 Å². The van der Waals surface area contributed by atoms with Crippen LogP contribution in [-0.4, -0.2) is 5.54 Å². The standard InChI is InChI=1S/C4H11N.C2H4.W.H2/c1-4(2,3)5;1-2;;/h5H2,1-3H3;1-2H2;;1H/i;;;1+2. The maximum Gasteiger partial charge on any atom is 0.00686 e. The van der Waals surface area contributed by atoms with E-state index in [0.29, 0.717) is 0 Å². The minimum Gasteiger partial charge on any atom is -0.326 e. The van der Waals surface area contributed by atoms with Crippen LogP contribution >= 0.6 is 0 Å². The van der Waals surface area contributed by atoms with Crippen LogP contribution < -0.4 is 5.73 Å². The van der Waals surface area contributed by atoms with Crippen molar-refractivity contribution in [3.8, 4) is 0 Å². The topological polar surface area (TPSA) is 26.0 Å². The fourth-order valence-corrected chi connectivity index (χ4v) is 0. The van der Waals surface area contributed by atoms with Crippen molar-refractivity contribution in [1.29, 1.82) is 0 Å². The molecule has 0 aliphatic rings. The van der Waals surface area contributed by atoms with Crippen LogP contribution in [0.25, 0.3) is 0 Å². The molecule has 52 valence electrons. The molecule has 0 fully saturated rings. The van der Waals surface area contributed by atoms with E-state index in [4.69, 9.17) is 5.73 Å². The molecule has 2 heteroatoms. The summed E-state index contributed by atoms with van der Waals surface area (Å²) in [6.07, 6.45) is 0. The summed E-state index contributed by atoms with van der Waals surface area (Å²) in [6, 6.07) is 0. The van der Waals surface area contributed by atoms with Crippen LogP contribution in [0.3, 0.4) is 0 Å². The first kappa shape index (κ1) is 15.8. The van der Waals surface area contributed by atoms with Gasteiger partial charge in [-0.25, -0.2) is 0 Å². The normalized spacial score (nSPS) is 8.00. The van der Waals surface area contributed by atoms with Gasteiger partial charge in [-0.2, -0.15) is 0 Å². The molecule has 0 aromatic carbocycles. The number of nitrogens with two attached hydrogens (primary N) is 1. The van der Waals surface area contributed by atoms with Gasteiger partial charge in [-0.05, 0) is 20.8 Å². The summed E-state index contributed by atoms with van der Waals surface area (Å²) in [6.45, 7) is 11.9. The molecule has 0 atom stereocenters. The molecule has 0 aliphatic carbocycles. The van der Waals surface area contributed by atoms with Crippen LogP contribution in [0, 0.1) is 0 Å². The Bertz CT molecular complexity index is 36.8. The monoisotopic (exact) mass is 289 g/mol. The summed E-state index contributed by atoms with van der Waals surface area (Å²) >= 11 is 0. The average Bonchev–Trinajstić information content (AvgIpc) is 1.36. The first-order chi connectivity index (χ1) is 3.00. The Hall–Kier alpha value is 0.388. The summed E-state index contributed by atoms with van der Waals surface area (Å²) < 4.78 is 0. The van der Waals surface area contributed by atoms with Gasteiger partial charge < -0.3 is 5.73 Å². The second-order valence-electron chi connectivity index (χ2n) is 2.37. The van der Waals surface area contributed by atoms with E-state index in [0.717, 1.165) is 0 Å². The molecule has 8 heavy (non-hydrogen) atoms. The van der Waals surface area contributed by atoms with Crippen molar-refractivity contribution < 1.29 is 22.5 Å². The smallest absolute Gasteiger partial charge is 0.00686 e. The molecule has 0 spiro atoms. The van der Waals surface area contributed by atoms with Crippen LogP contribution in [0.15, 0.2) is 13.2 Å². The largest absolute Gasteiger partial charge is 0.326 e. The minimum atomic E-state index is 0. The Balaban J connectivity index is -0.0000000286. The summed E-state index contributed by atoms with van der Waals surface area (Å²) in [5, 5.41) is 0. The average molecular weight is 289 g/mol. The Kier molecular flexibility index (Phi) is 14.6. The summed E-state index contributed by atoms with van der Waals surface area (Å²) in [5.41, 5.74) is 5.35. The molecule has 0 heterocycles. The van der Waals surface area contributed by atoms with Crippen molar-refractivity contribution in [3.05, 3.63) is 13.2 Å². The van der Waals surface area contributed by atoms with Gasteiger partial charge in [0.25, 0.3) is 0 Å². The second kappa shape index (κ2) is 7.39. The first-order valence-electron chi connectivity index (χ1n) is 2.29. The van der Waals surface area contributed by atoms with Crippen LogP contribution in [0.1, 0.15) is 22.2 Å². The van der Waals surface area contributed by atoms with Crippen molar-refractivity contribution in [2.75, 3.05) is 0 Å². The van der Waals surface area contributed by atoms with Gasteiger partial charge in [-0.3, -0.25) is 0 Å². The van der Waals surface area contributed by atoms with Crippen LogP contribution in [0.4, 0.5) is 0 Å². The van der Waals surface area contributed by atoms with E-state index in [1.807, 2.05) is 20.8 Å². The molecule has 0 saturated heterocycles. The number of hydrogen-bond donors (Lipinski definition) is 1. The fourth-order valence-electron chi connectivity index (χ4n) is 0. The van der Waals surface area contributed by atoms with E-state index < -0.39 is 0 Å². The zero-order valence-electron chi connectivity index (χ0n) is 5.90. The van der Waals surface area contributed by atoms with E-state index in [2.05, 4.69) is 13.2 Å². The Morgan fingerprint density at radius 3 is 1.25 bits per heavy atom. The Morgan fingerprint density at radius 2 is 1.25 bits per heavy atom. The van der Waals surface area contributed by atoms with Gasteiger partial charge in [0.2, 0.25) is 0 Å². The van der Waals surface area contributed by atoms with Crippen molar-refractivity contribution in [2.45, 2.75) is 26.3 Å². The molecule has 0 aromatic rings. The third-order valence-electron chi connectivity index (χ3n) is 0. The molecule has 2 N–H and O–H groups in total. The Morgan fingerprint density at radius 1 is 1.25 bits per heavy atom. The van der Waals surface area contributed by atoms with Crippen LogP contribution in [0.5, 0.6) is 0 Å². The minimum absolute atomic E-state index is 0. The summed E-state index contributed by atoms with van der Waals surface area (Å²) in [4.78, 5) is 0. The predicted molar refractivity (Wildman–Crippen MR) is 37.3 cm³/mol. The zero-order chi connectivity index (χ0) is 6.50.